The third-order valence-corrected chi connectivity index (χ3v) is 5.12. The first-order chi connectivity index (χ1) is 11.7. The van der Waals surface area contributed by atoms with Gasteiger partial charge >= 0.3 is 0 Å². The molecule has 0 N–H and O–H groups in total. The van der Waals surface area contributed by atoms with E-state index in [0.29, 0.717) is 25.7 Å². The van der Waals surface area contributed by atoms with Gasteiger partial charge < -0.3 is 19.1 Å². The number of carbonyl (C=O) groups excluding carboxylic acids is 1. The lowest BCUT2D eigenvalue weighted by Gasteiger charge is -2.30. The Kier molecular flexibility index (Phi) is 4.35. The largest absolute Gasteiger partial charge is 0.486 e. The third kappa shape index (κ3) is 3.09. The molecule has 1 saturated heterocycles. The van der Waals surface area contributed by atoms with Crippen molar-refractivity contribution < 1.29 is 19.0 Å². The zero-order chi connectivity index (χ0) is 16.5. The Morgan fingerprint density at radius 1 is 1.29 bits per heavy atom. The smallest absolute Gasteiger partial charge is 0.251 e. The first-order valence-corrected chi connectivity index (χ1v) is 9.04. The minimum absolute atomic E-state index is 0.0566. The lowest BCUT2D eigenvalue weighted by molar-refractivity contribution is -0.144. The molecule has 5 nitrogen and oxygen atoms in total. The minimum atomic E-state index is -0.372. The molecular weight excluding hydrogens is 306 g/mol. The van der Waals surface area contributed by atoms with Gasteiger partial charge in [0, 0.05) is 12.1 Å². The van der Waals surface area contributed by atoms with Crippen LogP contribution in [0.5, 0.6) is 11.5 Å². The molecule has 2 atom stereocenters. The average molecular weight is 331 g/mol. The van der Waals surface area contributed by atoms with Gasteiger partial charge in [-0.2, -0.15) is 0 Å². The number of rotatable bonds is 5. The van der Waals surface area contributed by atoms with Crippen LogP contribution in [0.25, 0.3) is 0 Å². The van der Waals surface area contributed by atoms with Crippen molar-refractivity contribution in [2.75, 3.05) is 26.4 Å². The molecule has 1 aliphatic carbocycles. The van der Waals surface area contributed by atoms with Gasteiger partial charge in [-0.05, 0) is 44.6 Å². The molecule has 2 heterocycles. The van der Waals surface area contributed by atoms with E-state index in [0.717, 1.165) is 36.4 Å². The Morgan fingerprint density at radius 3 is 2.96 bits per heavy atom. The van der Waals surface area contributed by atoms with Gasteiger partial charge in [0.05, 0.1) is 12.6 Å². The van der Waals surface area contributed by atoms with Gasteiger partial charge in [-0.1, -0.05) is 12.1 Å². The molecular formula is C19H25NO4. The molecule has 2 fully saturated rings. The lowest BCUT2D eigenvalue weighted by atomic mass is 10.0. The summed E-state index contributed by atoms with van der Waals surface area (Å²) in [6, 6.07) is 6.03. The van der Waals surface area contributed by atoms with E-state index in [-0.39, 0.29) is 18.1 Å². The highest BCUT2D eigenvalue weighted by molar-refractivity contribution is 5.81. The highest BCUT2D eigenvalue weighted by atomic mass is 16.6. The second-order valence-corrected chi connectivity index (χ2v) is 6.98. The summed E-state index contributed by atoms with van der Waals surface area (Å²) >= 11 is 0. The number of hydrogen-bond donors (Lipinski definition) is 0. The van der Waals surface area contributed by atoms with Crippen LogP contribution in [-0.4, -0.2) is 43.3 Å². The van der Waals surface area contributed by atoms with Gasteiger partial charge in [0.25, 0.3) is 5.91 Å². The Labute approximate surface area is 142 Å². The molecule has 0 radical (unpaired) electrons. The van der Waals surface area contributed by atoms with E-state index in [9.17, 15) is 4.79 Å². The number of amides is 1. The van der Waals surface area contributed by atoms with Crippen LogP contribution in [0.15, 0.2) is 18.2 Å². The van der Waals surface area contributed by atoms with E-state index in [1.807, 2.05) is 24.0 Å². The standard InChI is InChI=1S/C19H25NO4/c1-13(24-12-14-7-8-14)19(21)20-9-3-5-16(20)15-4-2-6-17-18(15)23-11-10-22-17/h2,4,6,13-14,16H,3,5,7-12H2,1H3/t13-,16+/m0/s1. The molecule has 1 aromatic rings. The first kappa shape index (κ1) is 15.8. The summed E-state index contributed by atoms with van der Waals surface area (Å²) in [4.78, 5) is 14.8. The predicted molar refractivity (Wildman–Crippen MR) is 89.3 cm³/mol. The fourth-order valence-electron chi connectivity index (χ4n) is 3.58. The second-order valence-electron chi connectivity index (χ2n) is 6.98. The van der Waals surface area contributed by atoms with Crippen LogP contribution in [-0.2, 0) is 9.53 Å². The molecule has 1 aromatic carbocycles. The first-order valence-electron chi connectivity index (χ1n) is 9.04. The topological polar surface area (TPSA) is 48.0 Å². The van der Waals surface area contributed by atoms with Gasteiger partial charge in [-0.25, -0.2) is 0 Å². The van der Waals surface area contributed by atoms with Crippen molar-refractivity contribution in [3.05, 3.63) is 23.8 Å². The molecule has 3 aliphatic rings. The zero-order valence-electron chi connectivity index (χ0n) is 14.2. The molecule has 130 valence electrons. The van der Waals surface area contributed by atoms with Crippen molar-refractivity contribution in [1.29, 1.82) is 0 Å². The van der Waals surface area contributed by atoms with Crippen LogP contribution < -0.4 is 9.47 Å². The molecule has 5 heteroatoms. The van der Waals surface area contributed by atoms with Crippen molar-refractivity contribution >= 4 is 5.91 Å². The fraction of sp³-hybridized carbons (Fsp3) is 0.632. The number of ether oxygens (including phenoxy) is 3. The quantitative estimate of drug-likeness (QED) is 0.832. The number of likely N-dealkylation sites (tertiary alicyclic amines) is 1. The Bertz CT molecular complexity index is 613. The number of benzene rings is 1. The Morgan fingerprint density at radius 2 is 2.12 bits per heavy atom. The molecule has 2 aliphatic heterocycles. The summed E-state index contributed by atoms with van der Waals surface area (Å²) in [5, 5.41) is 0. The molecule has 0 spiro atoms. The minimum Gasteiger partial charge on any atom is -0.486 e. The van der Waals surface area contributed by atoms with Crippen LogP contribution in [0.4, 0.5) is 0 Å². The normalized spacial score (nSPS) is 24.0. The summed E-state index contributed by atoms with van der Waals surface area (Å²) in [5.74, 6) is 2.35. The summed E-state index contributed by atoms with van der Waals surface area (Å²) in [7, 11) is 0. The van der Waals surface area contributed by atoms with Gasteiger partial charge in [-0.15, -0.1) is 0 Å². The highest BCUT2D eigenvalue weighted by Crippen LogP contribution is 2.43. The van der Waals surface area contributed by atoms with E-state index in [4.69, 9.17) is 14.2 Å². The summed E-state index contributed by atoms with van der Waals surface area (Å²) in [6.45, 7) is 4.51. The van der Waals surface area contributed by atoms with E-state index >= 15 is 0 Å². The van der Waals surface area contributed by atoms with E-state index in [2.05, 4.69) is 6.07 Å². The molecule has 0 aromatic heterocycles. The van der Waals surface area contributed by atoms with E-state index < -0.39 is 0 Å². The number of hydrogen-bond acceptors (Lipinski definition) is 4. The third-order valence-electron chi connectivity index (χ3n) is 5.12. The number of para-hydroxylation sites is 1. The molecule has 24 heavy (non-hydrogen) atoms. The molecule has 1 saturated carbocycles. The highest BCUT2D eigenvalue weighted by Gasteiger charge is 2.36. The number of fused-ring (bicyclic) bond motifs is 1. The molecule has 0 bridgehead atoms. The monoisotopic (exact) mass is 331 g/mol. The summed E-state index contributed by atoms with van der Waals surface area (Å²) < 4.78 is 17.3. The lowest BCUT2D eigenvalue weighted by Crippen LogP contribution is -2.39. The van der Waals surface area contributed by atoms with Crippen molar-refractivity contribution in [2.24, 2.45) is 5.92 Å². The van der Waals surface area contributed by atoms with E-state index in [1.165, 1.54) is 12.8 Å². The van der Waals surface area contributed by atoms with Crippen LogP contribution >= 0.6 is 0 Å². The summed E-state index contributed by atoms with van der Waals surface area (Å²) in [6.07, 6.45) is 4.07. The van der Waals surface area contributed by atoms with Crippen molar-refractivity contribution in [1.82, 2.24) is 4.90 Å². The van der Waals surface area contributed by atoms with Crippen molar-refractivity contribution in [2.45, 2.75) is 44.8 Å². The van der Waals surface area contributed by atoms with Crippen molar-refractivity contribution in [3.8, 4) is 11.5 Å². The number of nitrogens with zero attached hydrogens (tertiary/aromatic N) is 1. The predicted octanol–water partition coefficient (Wildman–Crippen LogP) is 2.94. The molecule has 1 amide bonds. The van der Waals surface area contributed by atoms with E-state index in [1.54, 1.807) is 0 Å². The maximum absolute atomic E-state index is 12.9. The Balaban J connectivity index is 1.51. The number of carbonyl (C=O) groups is 1. The van der Waals surface area contributed by atoms with Crippen molar-refractivity contribution in [3.63, 3.8) is 0 Å². The fourth-order valence-corrected chi connectivity index (χ4v) is 3.58. The van der Waals surface area contributed by atoms with Crippen LogP contribution in [0.1, 0.15) is 44.2 Å². The summed E-state index contributed by atoms with van der Waals surface area (Å²) in [5.41, 5.74) is 1.06. The Hall–Kier alpha value is -1.75. The maximum Gasteiger partial charge on any atom is 0.251 e. The van der Waals surface area contributed by atoms with Crippen LogP contribution in [0.2, 0.25) is 0 Å². The van der Waals surface area contributed by atoms with Gasteiger partial charge in [0.2, 0.25) is 0 Å². The van der Waals surface area contributed by atoms with Gasteiger partial charge in [0.15, 0.2) is 11.5 Å². The molecule has 4 rings (SSSR count). The van der Waals surface area contributed by atoms with Gasteiger partial charge in [0.1, 0.15) is 19.3 Å². The molecule has 0 unspecified atom stereocenters. The maximum atomic E-state index is 12.9. The van der Waals surface area contributed by atoms with Crippen LogP contribution in [0, 0.1) is 5.92 Å². The van der Waals surface area contributed by atoms with Crippen LogP contribution in [0.3, 0.4) is 0 Å². The average Bonchev–Trinajstić information content (AvgIpc) is 3.33. The second kappa shape index (κ2) is 6.63. The zero-order valence-corrected chi connectivity index (χ0v) is 14.2. The van der Waals surface area contributed by atoms with Gasteiger partial charge in [-0.3, -0.25) is 4.79 Å². The SMILES string of the molecule is C[C@H](OCC1CC1)C(=O)N1CCC[C@@H]1c1cccc2c1OCCO2.